The van der Waals surface area contributed by atoms with Gasteiger partial charge >= 0.3 is 12.4 Å². The fourth-order valence-corrected chi connectivity index (χ4v) is 5.83. The van der Waals surface area contributed by atoms with Crippen LogP contribution in [0.15, 0.2) is 29.3 Å². The summed E-state index contributed by atoms with van der Waals surface area (Å²) in [6.07, 6.45) is -6.20. The monoisotopic (exact) mass is 569 g/mol. The Morgan fingerprint density at radius 3 is 2.43 bits per heavy atom. The van der Waals surface area contributed by atoms with Crippen LogP contribution in [0.5, 0.6) is 0 Å². The number of nitrogens with one attached hydrogen (secondary N) is 1. The lowest BCUT2D eigenvalue weighted by atomic mass is 9.85. The second kappa shape index (κ2) is 9.70. The molecule has 1 aliphatic rings. The van der Waals surface area contributed by atoms with Gasteiger partial charge in [-0.25, -0.2) is 13.9 Å². The van der Waals surface area contributed by atoms with Gasteiger partial charge in [0.1, 0.15) is 0 Å². The maximum atomic E-state index is 15.2. The van der Waals surface area contributed by atoms with E-state index in [1.807, 2.05) is 0 Å². The molecule has 37 heavy (non-hydrogen) atoms. The summed E-state index contributed by atoms with van der Waals surface area (Å²) in [5.41, 5.74) is -7.25. The van der Waals surface area contributed by atoms with E-state index in [2.05, 4.69) is 14.8 Å². The van der Waals surface area contributed by atoms with Gasteiger partial charge in [0.05, 0.1) is 21.7 Å². The van der Waals surface area contributed by atoms with E-state index in [0.717, 1.165) is 17.5 Å². The van der Waals surface area contributed by atoms with Crippen molar-refractivity contribution in [3.8, 4) is 0 Å². The fourth-order valence-electron chi connectivity index (χ4n) is 4.23. The Kier molecular flexibility index (Phi) is 7.23. The lowest BCUT2D eigenvalue weighted by Crippen LogP contribution is -2.57. The van der Waals surface area contributed by atoms with Crippen molar-refractivity contribution in [3.63, 3.8) is 0 Å². The van der Waals surface area contributed by atoms with E-state index < -0.39 is 56.4 Å². The summed E-state index contributed by atoms with van der Waals surface area (Å²) in [6.45, 7) is 1.76. The maximum Gasteiger partial charge on any atom is 0.434 e. The molecule has 0 radical (unpaired) electrons. The molecule has 2 atom stereocenters. The third kappa shape index (κ3) is 4.90. The molecular weight excluding hydrogens is 548 g/mol. The van der Waals surface area contributed by atoms with Gasteiger partial charge < -0.3 is 4.57 Å². The minimum absolute atomic E-state index is 0.0766. The van der Waals surface area contributed by atoms with Crippen molar-refractivity contribution < 1.29 is 30.6 Å². The van der Waals surface area contributed by atoms with E-state index in [9.17, 15) is 22.2 Å². The number of hydrogen-bond acceptors (Lipinski definition) is 4. The molecule has 1 saturated carbocycles. The van der Waals surface area contributed by atoms with E-state index in [1.165, 1.54) is 23.9 Å². The van der Waals surface area contributed by atoms with Gasteiger partial charge in [-0.3, -0.25) is 9.48 Å². The first-order valence-electron chi connectivity index (χ1n) is 11.3. The zero-order valence-electron chi connectivity index (χ0n) is 19.6. The van der Waals surface area contributed by atoms with Crippen molar-refractivity contribution in [2.45, 2.75) is 56.5 Å². The molecule has 4 rings (SSSR count). The Morgan fingerprint density at radius 1 is 1.22 bits per heavy atom. The van der Waals surface area contributed by atoms with Gasteiger partial charge in [-0.15, -0.1) is 0 Å². The molecule has 0 spiro atoms. The molecule has 0 saturated heterocycles. The molecule has 15 heteroatoms. The van der Waals surface area contributed by atoms with Crippen LogP contribution in [-0.2, 0) is 29.7 Å². The molecular formula is C22H22ClF6N5O2S. The minimum atomic E-state index is -5.29. The van der Waals surface area contributed by atoms with Gasteiger partial charge in [-0.2, -0.15) is 31.4 Å². The van der Waals surface area contributed by atoms with Crippen molar-refractivity contribution in [1.82, 2.24) is 24.1 Å². The lowest BCUT2D eigenvalue weighted by Gasteiger charge is -2.37. The number of alkyl halides is 6. The van der Waals surface area contributed by atoms with E-state index in [1.54, 1.807) is 6.92 Å². The highest BCUT2D eigenvalue weighted by Gasteiger charge is 2.61. The summed E-state index contributed by atoms with van der Waals surface area (Å²) in [4.78, 5) is 16.2. The van der Waals surface area contributed by atoms with E-state index in [0.29, 0.717) is 25.1 Å². The molecule has 2 unspecified atom stereocenters. The Balaban J connectivity index is 2.04. The number of unbranched alkanes of at least 4 members (excludes halogenated alkanes) is 1. The summed E-state index contributed by atoms with van der Waals surface area (Å²) < 4.78 is 103. The molecule has 3 aromatic rings. The molecule has 3 heterocycles. The van der Waals surface area contributed by atoms with Gasteiger partial charge in [0.2, 0.25) is 0 Å². The van der Waals surface area contributed by atoms with Crippen molar-refractivity contribution in [2.24, 2.45) is 7.05 Å². The highest BCUT2D eigenvalue weighted by Crippen LogP contribution is 2.48. The molecule has 202 valence electrons. The lowest BCUT2D eigenvalue weighted by molar-refractivity contribution is -0.183. The quantitative estimate of drug-likeness (QED) is 0.387. The number of pyridine rings is 2. The molecule has 1 aliphatic carbocycles. The highest BCUT2D eigenvalue weighted by molar-refractivity contribution is 7.83. The zero-order valence-corrected chi connectivity index (χ0v) is 21.2. The molecule has 0 bridgehead atoms. The van der Waals surface area contributed by atoms with E-state index in [4.69, 9.17) is 11.6 Å². The first-order valence-corrected chi connectivity index (χ1v) is 13.0. The van der Waals surface area contributed by atoms with Gasteiger partial charge in [0, 0.05) is 42.2 Å². The van der Waals surface area contributed by atoms with Crippen LogP contribution < -0.4 is 10.3 Å². The topological polar surface area (TPSA) is 81.8 Å². The molecule has 0 aliphatic heterocycles. The van der Waals surface area contributed by atoms with Gasteiger partial charge in [0.25, 0.3) is 5.56 Å². The van der Waals surface area contributed by atoms with Crippen LogP contribution >= 0.6 is 11.6 Å². The van der Waals surface area contributed by atoms with E-state index in [-0.39, 0.29) is 22.7 Å². The molecule has 3 aromatic heterocycles. The third-order valence-electron chi connectivity index (χ3n) is 6.14. The Hall–Kier alpha value is -2.45. The number of aromatic nitrogens is 4. The van der Waals surface area contributed by atoms with Crippen LogP contribution in [0.4, 0.5) is 26.3 Å². The fraction of sp³-hybridized carbons (Fsp3) is 0.500. The van der Waals surface area contributed by atoms with Gasteiger partial charge in [0.15, 0.2) is 16.7 Å². The molecule has 1 fully saturated rings. The van der Waals surface area contributed by atoms with Gasteiger partial charge in [-0.05, 0) is 31.4 Å². The number of halogens is 7. The Labute approximate surface area is 214 Å². The summed E-state index contributed by atoms with van der Waals surface area (Å²) >= 11 is 5.77. The highest BCUT2D eigenvalue weighted by atomic mass is 35.5. The van der Waals surface area contributed by atoms with Crippen LogP contribution in [0.2, 0.25) is 5.02 Å². The maximum absolute atomic E-state index is 15.2. The summed E-state index contributed by atoms with van der Waals surface area (Å²) in [7, 11) is -1.12. The minimum Gasteiger partial charge on any atom is -0.311 e. The number of fused-ring (bicyclic) bond motifs is 1. The number of nitrogens with zero attached hydrogens (tertiary/aromatic N) is 4. The predicted octanol–water partition coefficient (Wildman–Crippen LogP) is 5.00. The molecule has 0 aromatic carbocycles. The normalized spacial score (nSPS) is 17.2. The van der Waals surface area contributed by atoms with Crippen molar-refractivity contribution in [1.29, 1.82) is 0 Å². The first-order chi connectivity index (χ1) is 17.2. The van der Waals surface area contributed by atoms with E-state index >= 15 is 13.2 Å². The summed E-state index contributed by atoms with van der Waals surface area (Å²) in [5, 5.41) is 2.78. The van der Waals surface area contributed by atoms with Crippen LogP contribution in [-0.4, -0.2) is 35.5 Å². The van der Waals surface area contributed by atoms with Crippen LogP contribution in [0, 0.1) is 0 Å². The second-order valence-electron chi connectivity index (χ2n) is 8.80. The number of hydrogen-bond donors (Lipinski definition) is 1. The second-order valence-corrected chi connectivity index (χ2v) is 10.5. The van der Waals surface area contributed by atoms with Crippen molar-refractivity contribution in [2.75, 3.05) is 5.75 Å². The predicted molar refractivity (Wildman–Crippen MR) is 125 cm³/mol. The average Bonchev–Trinajstić information content (AvgIpc) is 3.57. The zero-order chi connectivity index (χ0) is 27.3. The van der Waals surface area contributed by atoms with Crippen molar-refractivity contribution >= 4 is 33.5 Å². The average molecular weight is 570 g/mol. The number of rotatable bonds is 8. The van der Waals surface area contributed by atoms with Crippen LogP contribution in [0.1, 0.15) is 55.6 Å². The van der Waals surface area contributed by atoms with Crippen LogP contribution in [0.25, 0.3) is 10.9 Å². The Bertz CT molecular complexity index is 1420. The molecule has 1 N–H and O–H groups in total. The SMILES string of the molecule is CCCCS(=O)NC(c1cnc(C(F)(F)F)c(Cl)c1)(c1c2ccn(C3CC3)c(=O)c2nn1C)C(F)(F)F. The largest absolute Gasteiger partial charge is 0.434 e. The summed E-state index contributed by atoms with van der Waals surface area (Å²) in [5.74, 6) is -0.166. The molecule has 7 nitrogen and oxygen atoms in total. The van der Waals surface area contributed by atoms with Crippen molar-refractivity contribution in [3.05, 3.63) is 56.9 Å². The third-order valence-corrected chi connectivity index (χ3v) is 7.62. The summed E-state index contributed by atoms with van der Waals surface area (Å²) in [6, 6.07) is 1.72. The Morgan fingerprint density at radius 2 is 1.89 bits per heavy atom. The standard InChI is InChI=1S/C22H22ClF6N5O2S/c1-3-4-9-37(36)32-20(22(27,28)29,12-10-15(23)17(30-11-12)21(24,25)26)18-14-7-8-34(13-5-6-13)19(35)16(14)31-33(18)2/h7-8,10-11,13,32H,3-6,9H2,1-2H3. The number of aryl methyl sites for hydroxylation is 1. The smallest absolute Gasteiger partial charge is 0.311 e. The first kappa shape index (κ1) is 27.6. The van der Waals surface area contributed by atoms with Crippen LogP contribution in [0.3, 0.4) is 0 Å². The molecule has 0 amide bonds. The van der Waals surface area contributed by atoms with Gasteiger partial charge in [-0.1, -0.05) is 24.9 Å².